The van der Waals surface area contributed by atoms with E-state index in [1.165, 1.54) is 0 Å². The Hall–Kier alpha value is -2.40. The minimum atomic E-state index is -0.00151. The predicted octanol–water partition coefficient (Wildman–Crippen LogP) is 2.84. The zero-order chi connectivity index (χ0) is 15.7. The largest absolute Gasteiger partial charge is 0.347 e. The van der Waals surface area contributed by atoms with Gasteiger partial charge in [0.1, 0.15) is 12.4 Å². The Morgan fingerprint density at radius 3 is 2.64 bits per heavy atom. The van der Waals surface area contributed by atoms with Crippen LogP contribution in [0.15, 0.2) is 42.7 Å². The van der Waals surface area contributed by atoms with Crippen LogP contribution in [0.3, 0.4) is 0 Å². The molecule has 0 aliphatic carbocycles. The molecule has 6 heteroatoms. The van der Waals surface area contributed by atoms with Crippen LogP contribution in [0.25, 0.3) is 22.4 Å². The van der Waals surface area contributed by atoms with Crippen LogP contribution in [-0.2, 0) is 11.3 Å². The van der Waals surface area contributed by atoms with E-state index in [-0.39, 0.29) is 12.5 Å². The van der Waals surface area contributed by atoms with Crippen molar-refractivity contribution in [2.75, 3.05) is 14.1 Å². The van der Waals surface area contributed by atoms with Gasteiger partial charge in [0.05, 0.1) is 17.2 Å². The molecule has 3 rings (SSSR count). The molecule has 2 aromatic heterocycles. The molecule has 0 saturated heterocycles. The Bertz CT molecular complexity index is 824. The predicted molar refractivity (Wildman–Crippen MR) is 86.7 cm³/mol. The van der Waals surface area contributed by atoms with E-state index in [4.69, 9.17) is 11.6 Å². The first-order valence-electron chi connectivity index (χ1n) is 6.82. The first kappa shape index (κ1) is 14.5. The molecule has 5 nitrogen and oxygen atoms in total. The number of aromatic nitrogens is 3. The number of fused-ring (bicyclic) bond motifs is 1. The number of benzene rings is 1. The lowest BCUT2D eigenvalue weighted by Crippen LogP contribution is -2.26. The molecule has 1 aromatic carbocycles. The van der Waals surface area contributed by atoms with Gasteiger partial charge in [0.25, 0.3) is 0 Å². The second-order valence-corrected chi connectivity index (χ2v) is 5.62. The maximum Gasteiger partial charge on any atom is 0.242 e. The summed E-state index contributed by atoms with van der Waals surface area (Å²) >= 11 is 5.95. The number of carbonyl (C=O) groups is 1. The maximum absolute atomic E-state index is 12.1. The van der Waals surface area contributed by atoms with Crippen molar-refractivity contribution in [1.29, 1.82) is 0 Å². The summed E-state index contributed by atoms with van der Waals surface area (Å²) in [4.78, 5) is 22.5. The van der Waals surface area contributed by atoms with Crippen molar-refractivity contribution >= 4 is 28.5 Å². The second kappa shape index (κ2) is 5.77. The summed E-state index contributed by atoms with van der Waals surface area (Å²) in [6.45, 7) is 0.215. The summed E-state index contributed by atoms with van der Waals surface area (Å²) in [6.07, 6.45) is 3.42. The minimum Gasteiger partial charge on any atom is -0.347 e. The average Bonchev–Trinajstić information content (AvgIpc) is 2.87. The Labute approximate surface area is 133 Å². The van der Waals surface area contributed by atoms with Crippen LogP contribution in [0.5, 0.6) is 0 Å². The number of rotatable bonds is 3. The van der Waals surface area contributed by atoms with Crippen LogP contribution in [-0.4, -0.2) is 39.4 Å². The summed E-state index contributed by atoms with van der Waals surface area (Å²) in [6, 6.07) is 9.26. The van der Waals surface area contributed by atoms with E-state index < -0.39 is 0 Å². The Morgan fingerprint density at radius 2 is 1.95 bits per heavy atom. The minimum absolute atomic E-state index is 0.00151. The molecule has 112 valence electrons. The molecule has 1 amide bonds. The second-order valence-electron chi connectivity index (χ2n) is 5.18. The van der Waals surface area contributed by atoms with Crippen LogP contribution in [0, 0.1) is 0 Å². The van der Waals surface area contributed by atoms with Gasteiger partial charge < -0.3 is 9.47 Å². The van der Waals surface area contributed by atoms with Crippen LogP contribution >= 0.6 is 11.6 Å². The third kappa shape index (κ3) is 2.67. The molecule has 0 unspecified atom stereocenters. The highest BCUT2D eigenvalue weighted by Crippen LogP contribution is 2.25. The standard InChI is InChI=1S/C16H15ClN4O/c1-20(2)15(22)10-21-14-9-18-8-7-13(14)19-16(21)11-3-5-12(17)6-4-11/h3-9H,10H2,1-2H3. The third-order valence-electron chi connectivity index (χ3n) is 3.45. The van der Waals surface area contributed by atoms with Gasteiger partial charge in [0, 0.05) is 30.9 Å². The molecule has 0 fully saturated rings. The van der Waals surface area contributed by atoms with Crippen molar-refractivity contribution in [3.8, 4) is 11.4 Å². The van der Waals surface area contributed by atoms with E-state index in [0.717, 1.165) is 22.4 Å². The number of pyridine rings is 1. The molecule has 0 radical (unpaired) electrons. The number of carbonyl (C=O) groups excluding carboxylic acids is 1. The highest BCUT2D eigenvalue weighted by Gasteiger charge is 2.16. The molecule has 3 aromatic rings. The summed E-state index contributed by atoms with van der Waals surface area (Å²) in [5.74, 6) is 0.730. The van der Waals surface area contributed by atoms with E-state index >= 15 is 0 Å². The maximum atomic E-state index is 12.1. The van der Waals surface area contributed by atoms with Crippen molar-refractivity contribution in [3.63, 3.8) is 0 Å². The molecule has 0 N–H and O–H groups in total. The van der Waals surface area contributed by atoms with Gasteiger partial charge in [-0.3, -0.25) is 9.78 Å². The van der Waals surface area contributed by atoms with Crippen LogP contribution in [0.2, 0.25) is 5.02 Å². The number of hydrogen-bond acceptors (Lipinski definition) is 3. The average molecular weight is 315 g/mol. The molecule has 0 aliphatic heterocycles. The zero-order valence-electron chi connectivity index (χ0n) is 12.3. The lowest BCUT2D eigenvalue weighted by atomic mass is 10.2. The fraction of sp³-hybridized carbons (Fsp3) is 0.188. The topological polar surface area (TPSA) is 51.0 Å². The highest BCUT2D eigenvalue weighted by molar-refractivity contribution is 6.30. The van der Waals surface area contributed by atoms with E-state index in [9.17, 15) is 4.79 Å². The smallest absolute Gasteiger partial charge is 0.242 e. The Balaban J connectivity index is 2.16. The number of nitrogens with zero attached hydrogens (tertiary/aromatic N) is 4. The van der Waals surface area contributed by atoms with Gasteiger partial charge in [-0.05, 0) is 30.3 Å². The molecular weight excluding hydrogens is 300 g/mol. The monoisotopic (exact) mass is 314 g/mol. The van der Waals surface area contributed by atoms with Crippen LogP contribution in [0.1, 0.15) is 0 Å². The van der Waals surface area contributed by atoms with E-state index in [2.05, 4.69) is 9.97 Å². The zero-order valence-corrected chi connectivity index (χ0v) is 13.1. The number of likely N-dealkylation sites (N-methyl/N-ethyl adjacent to an activating group) is 1. The normalized spacial score (nSPS) is 10.9. The number of amides is 1. The van der Waals surface area contributed by atoms with Gasteiger partial charge in [-0.15, -0.1) is 0 Å². The number of imidazole rings is 1. The lowest BCUT2D eigenvalue weighted by molar-refractivity contribution is -0.129. The van der Waals surface area contributed by atoms with Crippen LogP contribution in [0.4, 0.5) is 0 Å². The van der Waals surface area contributed by atoms with Gasteiger partial charge in [0.15, 0.2) is 0 Å². The number of hydrogen-bond donors (Lipinski definition) is 0. The lowest BCUT2D eigenvalue weighted by Gasteiger charge is -2.13. The summed E-state index contributed by atoms with van der Waals surface area (Å²) in [5.41, 5.74) is 2.56. The Morgan fingerprint density at radius 1 is 1.23 bits per heavy atom. The first-order chi connectivity index (χ1) is 10.6. The fourth-order valence-electron chi connectivity index (χ4n) is 2.23. The molecule has 0 spiro atoms. The molecular formula is C16H15ClN4O. The third-order valence-corrected chi connectivity index (χ3v) is 3.70. The molecule has 0 atom stereocenters. The van der Waals surface area contributed by atoms with Crippen molar-refractivity contribution in [2.45, 2.75) is 6.54 Å². The SMILES string of the molecule is CN(C)C(=O)Cn1c(-c2ccc(Cl)cc2)nc2ccncc21. The molecule has 0 bridgehead atoms. The molecule has 0 aliphatic rings. The number of halogens is 1. The van der Waals surface area contributed by atoms with E-state index in [0.29, 0.717) is 5.02 Å². The fourth-order valence-corrected chi connectivity index (χ4v) is 2.35. The summed E-state index contributed by atoms with van der Waals surface area (Å²) in [7, 11) is 3.48. The molecule has 22 heavy (non-hydrogen) atoms. The van der Waals surface area contributed by atoms with Gasteiger partial charge in [-0.25, -0.2) is 4.98 Å². The van der Waals surface area contributed by atoms with E-state index in [1.807, 2.05) is 34.9 Å². The summed E-state index contributed by atoms with van der Waals surface area (Å²) in [5, 5.41) is 0.664. The van der Waals surface area contributed by atoms with Gasteiger partial charge in [-0.2, -0.15) is 0 Å². The van der Waals surface area contributed by atoms with Gasteiger partial charge in [0.2, 0.25) is 5.91 Å². The van der Waals surface area contributed by atoms with Crippen molar-refractivity contribution in [2.24, 2.45) is 0 Å². The first-order valence-corrected chi connectivity index (χ1v) is 7.20. The van der Waals surface area contributed by atoms with Gasteiger partial charge in [-0.1, -0.05) is 11.6 Å². The molecule has 2 heterocycles. The van der Waals surface area contributed by atoms with Crippen molar-refractivity contribution in [3.05, 3.63) is 47.7 Å². The highest BCUT2D eigenvalue weighted by atomic mass is 35.5. The summed E-state index contributed by atoms with van der Waals surface area (Å²) < 4.78 is 1.88. The van der Waals surface area contributed by atoms with E-state index in [1.54, 1.807) is 31.4 Å². The van der Waals surface area contributed by atoms with Gasteiger partial charge >= 0.3 is 0 Å². The Kier molecular flexibility index (Phi) is 3.81. The quantitative estimate of drug-likeness (QED) is 0.747. The van der Waals surface area contributed by atoms with Crippen molar-refractivity contribution < 1.29 is 4.79 Å². The van der Waals surface area contributed by atoms with Crippen LogP contribution < -0.4 is 0 Å². The van der Waals surface area contributed by atoms with Crippen molar-refractivity contribution in [1.82, 2.24) is 19.4 Å². The molecule has 0 saturated carbocycles.